The van der Waals surface area contributed by atoms with Crippen LogP contribution in [0.2, 0.25) is 5.02 Å². The number of aliphatic hydroxyl groups is 1. The quantitative estimate of drug-likeness (QED) is 0.791. The van der Waals surface area contributed by atoms with Crippen LogP contribution in [-0.2, 0) is 0 Å². The third kappa shape index (κ3) is 4.46. The SMILES string of the molecule is CC(CO)NC(=O)NC(c1ccc(Cl)cc1)c1ccsc1. The number of carbonyl (C=O) groups excluding carboxylic acids is 1. The molecule has 4 nitrogen and oxygen atoms in total. The summed E-state index contributed by atoms with van der Waals surface area (Å²) in [5.41, 5.74) is 1.96. The van der Waals surface area contributed by atoms with Gasteiger partial charge in [0.25, 0.3) is 0 Å². The van der Waals surface area contributed by atoms with Crippen LogP contribution in [0.3, 0.4) is 0 Å². The standard InChI is InChI=1S/C15H17ClN2O2S/c1-10(8-19)17-15(20)18-14(12-6-7-21-9-12)11-2-4-13(16)5-3-11/h2-7,9-10,14,19H,8H2,1H3,(H2,17,18,20). The Morgan fingerprint density at radius 3 is 2.52 bits per heavy atom. The van der Waals surface area contributed by atoms with E-state index < -0.39 is 0 Å². The third-order valence-electron chi connectivity index (χ3n) is 3.01. The average Bonchev–Trinajstić information content (AvgIpc) is 2.99. The van der Waals surface area contributed by atoms with Crippen molar-refractivity contribution in [2.75, 3.05) is 6.61 Å². The Bertz CT molecular complexity index is 572. The van der Waals surface area contributed by atoms with Crippen LogP contribution in [0.4, 0.5) is 4.79 Å². The van der Waals surface area contributed by atoms with Crippen molar-refractivity contribution in [1.82, 2.24) is 10.6 Å². The largest absolute Gasteiger partial charge is 0.394 e. The van der Waals surface area contributed by atoms with Gasteiger partial charge in [-0.25, -0.2) is 4.79 Å². The maximum atomic E-state index is 12.0. The lowest BCUT2D eigenvalue weighted by Gasteiger charge is -2.20. The first-order chi connectivity index (χ1) is 10.1. The number of halogens is 1. The zero-order valence-electron chi connectivity index (χ0n) is 11.5. The number of aliphatic hydroxyl groups excluding tert-OH is 1. The minimum Gasteiger partial charge on any atom is -0.394 e. The highest BCUT2D eigenvalue weighted by Crippen LogP contribution is 2.25. The molecular weight excluding hydrogens is 308 g/mol. The first-order valence-electron chi connectivity index (χ1n) is 6.55. The number of thiophene rings is 1. The molecule has 0 bridgehead atoms. The van der Waals surface area contributed by atoms with Crippen LogP contribution in [0.1, 0.15) is 24.1 Å². The Morgan fingerprint density at radius 2 is 1.95 bits per heavy atom. The highest BCUT2D eigenvalue weighted by molar-refractivity contribution is 7.08. The molecule has 1 aromatic heterocycles. The van der Waals surface area contributed by atoms with Gasteiger partial charge in [0.1, 0.15) is 0 Å². The van der Waals surface area contributed by atoms with E-state index in [4.69, 9.17) is 16.7 Å². The minimum absolute atomic E-state index is 0.0997. The maximum Gasteiger partial charge on any atom is 0.315 e. The van der Waals surface area contributed by atoms with E-state index in [-0.39, 0.29) is 24.7 Å². The van der Waals surface area contributed by atoms with Crippen molar-refractivity contribution in [2.24, 2.45) is 0 Å². The van der Waals surface area contributed by atoms with Crippen molar-refractivity contribution < 1.29 is 9.90 Å². The zero-order chi connectivity index (χ0) is 15.2. The predicted octanol–water partition coefficient (Wildman–Crippen LogP) is 3.17. The minimum atomic E-state index is -0.317. The molecule has 0 aliphatic heterocycles. The fraction of sp³-hybridized carbons (Fsp3) is 0.267. The number of benzene rings is 1. The number of urea groups is 1. The van der Waals surface area contributed by atoms with Crippen LogP contribution >= 0.6 is 22.9 Å². The molecule has 0 aliphatic carbocycles. The molecule has 2 rings (SSSR count). The van der Waals surface area contributed by atoms with Crippen molar-refractivity contribution in [3.8, 4) is 0 Å². The number of carbonyl (C=O) groups is 1. The van der Waals surface area contributed by atoms with Gasteiger partial charge in [-0.3, -0.25) is 0 Å². The van der Waals surface area contributed by atoms with Crippen LogP contribution in [0.25, 0.3) is 0 Å². The number of rotatable bonds is 5. The molecule has 1 heterocycles. The van der Waals surface area contributed by atoms with Gasteiger partial charge in [-0.1, -0.05) is 23.7 Å². The molecule has 1 aromatic carbocycles. The monoisotopic (exact) mass is 324 g/mol. The lowest BCUT2D eigenvalue weighted by Crippen LogP contribution is -2.43. The molecule has 2 aromatic rings. The van der Waals surface area contributed by atoms with Gasteiger partial charge >= 0.3 is 6.03 Å². The van der Waals surface area contributed by atoms with E-state index in [0.717, 1.165) is 11.1 Å². The van der Waals surface area contributed by atoms with Gasteiger partial charge < -0.3 is 15.7 Å². The summed E-state index contributed by atoms with van der Waals surface area (Å²) >= 11 is 7.48. The number of hydrogen-bond acceptors (Lipinski definition) is 3. The molecule has 0 aliphatic rings. The van der Waals surface area contributed by atoms with E-state index in [9.17, 15) is 4.79 Å². The molecule has 0 saturated heterocycles. The smallest absolute Gasteiger partial charge is 0.315 e. The van der Waals surface area contributed by atoms with Crippen LogP contribution < -0.4 is 10.6 Å². The van der Waals surface area contributed by atoms with Crippen molar-refractivity contribution in [1.29, 1.82) is 0 Å². The van der Waals surface area contributed by atoms with E-state index in [2.05, 4.69) is 10.6 Å². The molecular formula is C15H17ClN2O2S. The van der Waals surface area contributed by atoms with Gasteiger partial charge in [0.15, 0.2) is 0 Å². The highest BCUT2D eigenvalue weighted by atomic mass is 35.5. The Labute approximate surface area is 132 Å². The first-order valence-corrected chi connectivity index (χ1v) is 7.87. The topological polar surface area (TPSA) is 61.4 Å². The molecule has 2 atom stereocenters. The molecule has 0 radical (unpaired) electrons. The molecule has 2 amide bonds. The summed E-state index contributed by atoms with van der Waals surface area (Å²) in [6.45, 7) is 1.64. The zero-order valence-corrected chi connectivity index (χ0v) is 13.1. The molecule has 112 valence electrons. The Hall–Kier alpha value is -1.56. The summed E-state index contributed by atoms with van der Waals surface area (Å²) in [4.78, 5) is 12.0. The lowest BCUT2D eigenvalue weighted by molar-refractivity contribution is 0.219. The summed E-state index contributed by atoms with van der Waals surface area (Å²) in [5.74, 6) is 0. The van der Waals surface area contributed by atoms with Gasteiger partial charge in [0.2, 0.25) is 0 Å². The lowest BCUT2D eigenvalue weighted by atomic mass is 10.0. The molecule has 0 fully saturated rings. The fourth-order valence-corrected chi connectivity index (χ4v) is 2.71. The summed E-state index contributed by atoms with van der Waals surface area (Å²) in [7, 11) is 0. The highest BCUT2D eigenvalue weighted by Gasteiger charge is 2.18. The second kappa shape index (κ2) is 7.45. The molecule has 0 spiro atoms. The van der Waals surface area contributed by atoms with E-state index in [1.165, 1.54) is 0 Å². The van der Waals surface area contributed by atoms with Gasteiger partial charge in [-0.2, -0.15) is 11.3 Å². The van der Waals surface area contributed by atoms with E-state index in [1.54, 1.807) is 30.4 Å². The Kier molecular flexibility index (Phi) is 5.61. The number of hydrogen-bond donors (Lipinski definition) is 3. The summed E-state index contributed by atoms with van der Waals surface area (Å²) in [5, 5.41) is 19.2. The summed E-state index contributed by atoms with van der Waals surface area (Å²) in [6.07, 6.45) is 0. The van der Waals surface area contributed by atoms with Crippen LogP contribution in [0.15, 0.2) is 41.1 Å². The molecule has 2 unspecified atom stereocenters. The normalized spacial score (nSPS) is 13.5. The van der Waals surface area contributed by atoms with E-state index in [0.29, 0.717) is 5.02 Å². The van der Waals surface area contributed by atoms with Crippen molar-refractivity contribution in [3.05, 3.63) is 57.2 Å². The van der Waals surface area contributed by atoms with Crippen molar-refractivity contribution >= 4 is 29.0 Å². The van der Waals surface area contributed by atoms with Gasteiger partial charge in [0, 0.05) is 5.02 Å². The van der Waals surface area contributed by atoms with Crippen molar-refractivity contribution in [2.45, 2.75) is 19.0 Å². The van der Waals surface area contributed by atoms with Gasteiger partial charge in [-0.15, -0.1) is 0 Å². The maximum absolute atomic E-state index is 12.0. The Morgan fingerprint density at radius 1 is 1.24 bits per heavy atom. The second-order valence-electron chi connectivity index (χ2n) is 4.74. The van der Waals surface area contributed by atoms with Crippen LogP contribution in [-0.4, -0.2) is 23.8 Å². The number of amides is 2. The first kappa shape index (κ1) is 15.8. The van der Waals surface area contributed by atoms with Crippen molar-refractivity contribution in [3.63, 3.8) is 0 Å². The third-order valence-corrected chi connectivity index (χ3v) is 3.96. The molecule has 0 saturated carbocycles. The molecule has 6 heteroatoms. The van der Waals surface area contributed by atoms with Crippen LogP contribution in [0, 0.1) is 0 Å². The van der Waals surface area contributed by atoms with Gasteiger partial charge in [0.05, 0.1) is 18.7 Å². The predicted molar refractivity (Wildman–Crippen MR) is 85.8 cm³/mol. The average molecular weight is 325 g/mol. The summed E-state index contributed by atoms with van der Waals surface area (Å²) in [6, 6.07) is 8.49. The van der Waals surface area contributed by atoms with E-state index >= 15 is 0 Å². The molecule has 21 heavy (non-hydrogen) atoms. The van der Waals surface area contributed by atoms with Crippen LogP contribution in [0.5, 0.6) is 0 Å². The Balaban J connectivity index is 2.17. The van der Waals surface area contributed by atoms with Gasteiger partial charge in [-0.05, 0) is 47.0 Å². The molecule has 3 N–H and O–H groups in total. The fourth-order valence-electron chi connectivity index (χ4n) is 1.90. The number of nitrogens with one attached hydrogen (secondary N) is 2. The van der Waals surface area contributed by atoms with E-state index in [1.807, 2.05) is 29.0 Å². The second-order valence-corrected chi connectivity index (χ2v) is 5.96. The summed E-state index contributed by atoms with van der Waals surface area (Å²) < 4.78 is 0.